The SMILES string of the molecule is CCCNc1nc(NCCS(N)(=O)=O)c2cc(C)sc2n1. The summed E-state index contributed by atoms with van der Waals surface area (Å²) < 4.78 is 22.0. The van der Waals surface area contributed by atoms with Crippen molar-refractivity contribution in [3.63, 3.8) is 0 Å². The van der Waals surface area contributed by atoms with Crippen LogP contribution in [0.3, 0.4) is 0 Å². The van der Waals surface area contributed by atoms with Gasteiger partial charge in [0.05, 0.1) is 11.1 Å². The molecule has 0 atom stereocenters. The van der Waals surface area contributed by atoms with Crippen LogP contribution in [0, 0.1) is 6.92 Å². The van der Waals surface area contributed by atoms with Crippen molar-refractivity contribution in [3.05, 3.63) is 10.9 Å². The number of nitrogens with one attached hydrogen (secondary N) is 2. The maximum Gasteiger partial charge on any atom is 0.226 e. The van der Waals surface area contributed by atoms with Crippen molar-refractivity contribution in [1.82, 2.24) is 9.97 Å². The number of nitrogens with zero attached hydrogens (tertiary/aromatic N) is 2. The first-order chi connectivity index (χ1) is 9.89. The standard InChI is InChI=1S/C12H19N5O2S2/c1-3-4-15-12-16-10(14-5-6-21(13,18)19)9-7-8(2)20-11(9)17-12/h7H,3-6H2,1-2H3,(H2,13,18,19)(H2,14,15,16,17). The molecule has 0 bridgehead atoms. The molecule has 0 aliphatic heterocycles. The molecular weight excluding hydrogens is 310 g/mol. The monoisotopic (exact) mass is 329 g/mol. The van der Waals surface area contributed by atoms with E-state index in [1.807, 2.05) is 13.0 Å². The Morgan fingerprint density at radius 2 is 2.05 bits per heavy atom. The van der Waals surface area contributed by atoms with Crippen molar-refractivity contribution < 1.29 is 8.42 Å². The van der Waals surface area contributed by atoms with E-state index in [9.17, 15) is 8.42 Å². The summed E-state index contributed by atoms with van der Waals surface area (Å²) in [4.78, 5) is 10.9. The van der Waals surface area contributed by atoms with Crippen molar-refractivity contribution in [3.8, 4) is 0 Å². The molecule has 0 fully saturated rings. The summed E-state index contributed by atoms with van der Waals surface area (Å²) in [5.74, 6) is 1.04. The third-order valence-corrected chi connectivity index (χ3v) is 4.45. The van der Waals surface area contributed by atoms with Crippen LogP contribution in [0.1, 0.15) is 18.2 Å². The predicted molar refractivity (Wildman–Crippen MR) is 87.4 cm³/mol. The highest BCUT2D eigenvalue weighted by atomic mass is 32.2. The van der Waals surface area contributed by atoms with Gasteiger partial charge >= 0.3 is 0 Å². The molecule has 21 heavy (non-hydrogen) atoms. The smallest absolute Gasteiger partial charge is 0.226 e. The van der Waals surface area contributed by atoms with Crippen molar-refractivity contribution >= 4 is 43.3 Å². The number of aromatic nitrogens is 2. The minimum atomic E-state index is -3.49. The summed E-state index contributed by atoms with van der Waals surface area (Å²) in [6.07, 6.45) is 0.971. The lowest BCUT2D eigenvalue weighted by Gasteiger charge is -2.09. The molecule has 0 saturated heterocycles. The summed E-state index contributed by atoms with van der Waals surface area (Å²) in [5.41, 5.74) is 0. The molecule has 0 radical (unpaired) electrons. The molecule has 0 spiro atoms. The molecule has 0 aliphatic rings. The average Bonchev–Trinajstić information content (AvgIpc) is 2.75. The summed E-state index contributed by atoms with van der Waals surface area (Å²) in [5, 5.41) is 12.1. The quantitative estimate of drug-likeness (QED) is 0.710. The number of primary sulfonamides is 1. The third-order valence-electron chi connectivity index (χ3n) is 2.73. The highest BCUT2D eigenvalue weighted by Gasteiger charge is 2.11. The number of hydrogen-bond acceptors (Lipinski definition) is 7. The van der Waals surface area contributed by atoms with Crippen LogP contribution < -0.4 is 15.8 Å². The Morgan fingerprint density at radius 1 is 1.29 bits per heavy atom. The molecule has 0 unspecified atom stereocenters. The Balaban J connectivity index is 2.26. The molecule has 0 saturated carbocycles. The van der Waals surface area contributed by atoms with Crippen LogP contribution >= 0.6 is 11.3 Å². The number of anilines is 2. The fourth-order valence-electron chi connectivity index (χ4n) is 1.80. The van der Waals surface area contributed by atoms with E-state index in [2.05, 4.69) is 27.5 Å². The van der Waals surface area contributed by atoms with Gasteiger partial charge in [0.2, 0.25) is 16.0 Å². The minimum absolute atomic E-state index is 0.140. The van der Waals surface area contributed by atoms with Crippen LogP contribution in [-0.4, -0.2) is 37.2 Å². The van der Waals surface area contributed by atoms with Crippen molar-refractivity contribution in [2.24, 2.45) is 5.14 Å². The first kappa shape index (κ1) is 15.9. The average molecular weight is 329 g/mol. The van der Waals surface area contributed by atoms with Crippen LogP contribution in [0.5, 0.6) is 0 Å². The Hall–Kier alpha value is -1.45. The molecule has 2 rings (SSSR count). The van der Waals surface area contributed by atoms with Gasteiger partial charge in [-0.3, -0.25) is 0 Å². The molecule has 4 N–H and O–H groups in total. The molecule has 0 aromatic carbocycles. The second-order valence-corrected chi connectivity index (χ2v) is 7.66. The van der Waals surface area contributed by atoms with Gasteiger partial charge in [0.15, 0.2) is 0 Å². The fourth-order valence-corrected chi connectivity index (χ4v) is 3.07. The fraction of sp³-hybridized carbons (Fsp3) is 0.500. The predicted octanol–water partition coefficient (Wildman–Crippen LogP) is 1.52. The van der Waals surface area contributed by atoms with Crippen molar-refractivity contribution in [1.29, 1.82) is 0 Å². The van der Waals surface area contributed by atoms with Gasteiger partial charge in [-0.1, -0.05) is 6.92 Å². The molecule has 2 aromatic rings. The van der Waals surface area contributed by atoms with Gasteiger partial charge in [-0.2, -0.15) is 4.98 Å². The van der Waals surface area contributed by atoms with Crippen LogP contribution in [-0.2, 0) is 10.0 Å². The number of rotatable bonds is 7. The first-order valence-corrected chi connectivity index (χ1v) is 9.18. The van der Waals surface area contributed by atoms with Gasteiger partial charge in [-0.05, 0) is 19.4 Å². The summed E-state index contributed by atoms with van der Waals surface area (Å²) in [6, 6.07) is 1.99. The molecule has 7 nitrogen and oxygen atoms in total. The highest BCUT2D eigenvalue weighted by Crippen LogP contribution is 2.29. The normalized spacial score (nSPS) is 11.8. The van der Waals surface area contributed by atoms with E-state index in [-0.39, 0.29) is 12.3 Å². The molecule has 0 amide bonds. The van der Waals surface area contributed by atoms with E-state index >= 15 is 0 Å². The lowest BCUT2D eigenvalue weighted by Crippen LogP contribution is -2.22. The van der Waals surface area contributed by atoms with Crippen molar-refractivity contribution in [2.45, 2.75) is 20.3 Å². The zero-order valence-electron chi connectivity index (χ0n) is 12.0. The molecule has 2 heterocycles. The van der Waals surface area contributed by atoms with Crippen LogP contribution in [0.2, 0.25) is 0 Å². The second kappa shape index (κ2) is 6.54. The van der Waals surface area contributed by atoms with E-state index in [0.717, 1.165) is 28.1 Å². The number of thiophene rings is 1. The Morgan fingerprint density at radius 3 is 2.71 bits per heavy atom. The third kappa shape index (κ3) is 4.51. The number of nitrogens with two attached hydrogens (primary N) is 1. The number of hydrogen-bond donors (Lipinski definition) is 3. The zero-order chi connectivity index (χ0) is 15.5. The molecular formula is C12H19N5O2S2. The molecule has 9 heteroatoms. The number of fused-ring (bicyclic) bond motifs is 1. The van der Waals surface area contributed by atoms with E-state index < -0.39 is 10.0 Å². The maximum atomic E-state index is 11.0. The number of aryl methyl sites for hydroxylation is 1. The molecule has 116 valence electrons. The van der Waals surface area contributed by atoms with E-state index in [4.69, 9.17) is 5.14 Å². The zero-order valence-corrected chi connectivity index (χ0v) is 13.6. The Bertz CT molecular complexity index is 727. The summed E-state index contributed by atoms with van der Waals surface area (Å²) in [6.45, 7) is 5.06. The van der Waals surface area contributed by atoms with Gasteiger partial charge in [0.1, 0.15) is 10.6 Å². The molecule has 0 aliphatic carbocycles. The van der Waals surface area contributed by atoms with Crippen LogP contribution in [0.15, 0.2) is 6.07 Å². The lowest BCUT2D eigenvalue weighted by atomic mass is 10.3. The van der Waals surface area contributed by atoms with Gasteiger partial charge in [0.25, 0.3) is 0 Å². The van der Waals surface area contributed by atoms with Gasteiger partial charge < -0.3 is 10.6 Å². The topological polar surface area (TPSA) is 110 Å². The van der Waals surface area contributed by atoms with E-state index in [1.165, 1.54) is 0 Å². The maximum absolute atomic E-state index is 11.0. The van der Waals surface area contributed by atoms with E-state index in [0.29, 0.717) is 11.8 Å². The Labute approximate surface area is 128 Å². The first-order valence-electron chi connectivity index (χ1n) is 6.65. The highest BCUT2D eigenvalue weighted by molar-refractivity contribution is 7.89. The largest absolute Gasteiger partial charge is 0.368 e. The second-order valence-electron chi connectivity index (χ2n) is 4.69. The lowest BCUT2D eigenvalue weighted by molar-refractivity contribution is 0.598. The number of sulfonamides is 1. The van der Waals surface area contributed by atoms with Crippen LogP contribution in [0.4, 0.5) is 11.8 Å². The van der Waals surface area contributed by atoms with Gasteiger partial charge in [-0.15, -0.1) is 11.3 Å². The van der Waals surface area contributed by atoms with Gasteiger partial charge in [-0.25, -0.2) is 18.5 Å². The van der Waals surface area contributed by atoms with Gasteiger partial charge in [0, 0.05) is 18.0 Å². The van der Waals surface area contributed by atoms with Crippen LogP contribution in [0.25, 0.3) is 10.2 Å². The van der Waals surface area contributed by atoms with E-state index in [1.54, 1.807) is 11.3 Å². The van der Waals surface area contributed by atoms with Crippen molar-refractivity contribution in [2.75, 3.05) is 29.5 Å². The summed E-state index contributed by atoms with van der Waals surface area (Å²) >= 11 is 1.58. The summed E-state index contributed by atoms with van der Waals surface area (Å²) in [7, 11) is -3.49. The Kier molecular flexibility index (Phi) is 4.96. The molecule has 2 aromatic heterocycles. The minimum Gasteiger partial charge on any atom is -0.368 e.